The van der Waals surface area contributed by atoms with E-state index in [1.165, 1.54) is 0 Å². The maximum Gasteiger partial charge on any atom is 0.344 e. The van der Waals surface area contributed by atoms with E-state index >= 15 is 0 Å². The molecule has 298 valence electrons. The van der Waals surface area contributed by atoms with E-state index in [-0.39, 0.29) is 81.0 Å². The van der Waals surface area contributed by atoms with Gasteiger partial charge in [0.25, 0.3) is 0 Å². The van der Waals surface area contributed by atoms with Crippen LogP contribution in [0.5, 0.6) is 0 Å². The summed E-state index contributed by atoms with van der Waals surface area (Å²) in [6.45, 7) is 6.06. The topological polar surface area (TPSA) is 156 Å². The van der Waals surface area contributed by atoms with Crippen molar-refractivity contribution in [3.05, 3.63) is 60.2 Å². The summed E-state index contributed by atoms with van der Waals surface area (Å²) in [5.41, 5.74) is 3.02. The zero-order valence-corrected chi connectivity index (χ0v) is 33.0. The molecule has 0 bridgehead atoms. The molecule has 2 aliphatic carbocycles. The first-order valence-corrected chi connectivity index (χ1v) is 21.4. The minimum Gasteiger partial charge on any atom is -0.466 e. The molecule has 0 spiro atoms. The Morgan fingerprint density at radius 1 is 0.704 bits per heavy atom. The van der Waals surface area contributed by atoms with Crippen molar-refractivity contribution in [3.8, 4) is 11.1 Å². The normalized spacial score (nSPS) is 21.6. The van der Waals surface area contributed by atoms with Gasteiger partial charge in [0.15, 0.2) is 0 Å². The van der Waals surface area contributed by atoms with Crippen LogP contribution in [0.1, 0.15) is 97.0 Å². The Bertz CT molecular complexity index is 1460. The molecule has 0 saturated heterocycles. The molecule has 2 aliphatic rings. The highest BCUT2D eigenvalue weighted by atomic mass is 31.2. The summed E-state index contributed by atoms with van der Waals surface area (Å²) in [5.74, 6) is -0.927. The van der Waals surface area contributed by atoms with Crippen molar-refractivity contribution in [2.75, 3.05) is 32.7 Å². The van der Waals surface area contributed by atoms with Crippen molar-refractivity contribution in [3.63, 3.8) is 0 Å². The van der Waals surface area contributed by atoms with Crippen molar-refractivity contribution in [2.45, 2.75) is 116 Å². The number of ether oxygens (including phenoxy) is 3. The number of carbonyl (C=O) groups is 4. The second-order valence-corrected chi connectivity index (χ2v) is 16.3. The summed E-state index contributed by atoms with van der Waals surface area (Å²) < 4.78 is 42.9. The molecule has 2 N–H and O–H groups in total. The third kappa shape index (κ3) is 14.9. The second kappa shape index (κ2) is 22.7. The molecule has 4 rings (SSSR count). The minimum atomic E-state index is -3.77. The molecule has 1 unspecified atom stereocenters. The first-order chi connectivity index (χ1) is 26.1. The summed E-state index contributed by atoms with van der Waals surface area (Å²) in [7, 11) is -3.77. The fourth-order valence-corrected chi connectivity index (χ4v) is 8.34. The van der Waals surface area contributed by atoms with E-state index in [9.17, 15) is 23.7 Å². The van der Waals surface area contributed by atoms with E-state index in [4.69, 9.17) is 23.3 Å². The van der Waals surface area contributed by atoms with Crippen LogP contribution in [0.2, 0.25) is 0 Å². The Kier molecular flexibility index (Phi) is 18.2. The van der Waals surface area contributed by atoms with Gasteiger partial charge in [-0.1, -0.05) is 68.4 Å². The molecular formula is C41H59N2O10P. The van der Waals surface area contributed by atoms with Gasteiger partial charge in [-0.3, -0.25) is 29.1 Å². The fourth-order valence-electron chi connectivity index (χ4n) is 6.76. The van der Waals surface area contributed by atoms with Crippen molar-refractivity contribution < 1.29 is 47.0 Å². The Morgan fingerprint density at radius 3 is 1.72 bits per heavy atom. The van der Waals surface area contributed by atoms with Gasteiger partial charge < -0.3 is 28.6 Å². The molecule has 2 fully saturated rings. The Morgan fingerprint density at radius 2 is 1.22 bits per heavy atom. The summed E-state index contributed by atoms with van der Waals surface area (Å²) in [6.07, 6.45) is 6.49. The van der Waals surface area contributed by atoms with Gasteiger partial charge in [0.05, 0.1) is 38.6 Å². The summed E-state index contributed by atoms with van der Waals surface area (Å²) >= 11 is 0. The maximum absolute atomic E-state index is 14.5. The highest BCUT2D eigenvalue weighted by Crippen LogP contribution is 2.49. The predicted molar refractivity (Wildman–Crippen MR) is 205 cm³/mol. The number of esters is 3. The van der Waals surface area contributed by atoms with Crippen molar-refractivity contribution in [1.29, 1.82) is 0 Å². The predicted octanol–water partition coefficient (Wildman–Crippen LogP) is 7.13. The average molecular weight is 771 g/mol. The lowest BCUT2D eigenvalue weighted by Gasteiger charge is -2.31. The van der Waals surface area contributed by atoms with Crippen LogP contribution in [-0.2, 0) is 53.4 Å². The van der Waals surface area contributed by atoms with Crippen LogP contribution in [0, 0.1) is 11.8 Å². The number of nitrogens with one attached hydrogen (secondary N) is 2. The van der Waals surface area contributed by atoms with E-state index in [1.54, 1.807) is 20.8 Å². The van der Waals surface area contributed by atoms with Gasteiger partial charge in [-0.2, -0.15) is 0 Å². The molecule has 2 aromatic rings. The molecule has 12 nitrogen and oxygen atoms in total. The highest BCUT2D eigenvalue weighted by molar-refractivity contribution is 7.53. The first-order valence-electron chi connectivity index (χ1n) is 19.7. The fraction of sp³-hybridized carbons (Fsp3) is 0.610. The van der Waals surface area contributed by atoms with Gasteiger partial charge in [0.2, 0.25) is 5.91 Å². The molecule has 13 heteroatoms. The molecule has 0 aliphatic heterocycles. The van der Waals surface area contributed by atoms with Gasteiger partial charge in [0, 0.05) is 19.4 Å². The zero-order valence-electron chi connectivity index (χ0n) is 32.1. The molecule has 0 aromatic heterocycles. The first kappa shape index (κ1) is 43.2. The number of hydrogen-bond acceptors (Lipinski definition) is 11. The highest BCUT2D eigenvalue weighted by Gasteiger charge is 2.33. The van der Waals surface area contributed by atoms with Crippen LogP contribution >= 0.6 is 7.60 Å². The molecule has 54 heavy (non-hydrogen) atoms. The molecule has 1 amide bonds. The lowest BCUT2D eigenvalue weighted by Crippen LogP contribution is -2.46. The number of amides is 1. The quantitative estimate of drug-likeness (QED) is 0.0757. The van der Waals surface area contributed by atoms with E-state index in [0.29, 0.717) is 44.9 Å². The maximum atomic E-state index is 14.5. The lowest BCUT2D eigenvalue weighted by atomic mass is 9.88. The number of carbonyl (C=O) groups excluding carboxylic acids is 4. The van der Waals surface area contributed by atoms with Crippen molar-refractivity contribution >= 4 is 31.4 Å². The van der Waals surface area contributed by atoms with E-state index in [0.717, 1.165) is 42.4 Å². The smallest absolute Gasteiger partial charge is 0.344 e. The SMILES string of the molecule is CCOC(=O)CCNC(=O)C(Cc1ccc(-c2ccccc2)cc1)NCP(=O)(OCC1CCC(OC(=O)CC)CC1)OCC1CCC(OC(=O)CC)CC1. The summed E-state index contributed by atoms with van der Waals surface area (Å²) in [4.78, 5) is 49.1. The molecular weight excluding hydrogens is 711 g/mol. The van der Waals surface area contributed by atoms with Crippen LogP contribution in [-0.4, -0.2) is 74.7 Å². The van der Waals surface area contributed by atoms with Gasteiger partial charge >= 0.3 is 25.5 Å². The summed E-state index contributed by atoms with van der Waals surface area (Å²) in [6, 6.07) is 17.2. The van der Waals surface area contributed by atoms with E-state index in [1.807, 2.05) is 54.6 Å². The standard InChI is InChI=1S/C41H59N2O10P/c1-4-38(44)52-35-20-14-31(15-21-35)27-50-54(48,51-28-32-16-22-36(23-17-32)53-39(45)5-2)29-43-37(41(47)42-25-24-40(46)49-6-3)26-30-12-18-34(19-13-30)33-10-8-7-9-11-33/h7-13,18-19,31-32,35-37,43H,4-6,14-17,20-29H2,1-3H3,(H,42,47). The minimum absolute atomic E-state index is 0.0303. The third-order valence-electron chi connectivity index (χ3n) is 10.1. The van der Waals surface area contributed by atoms with E-state index in [2.05, 4.69) is 10.6 Å². The molecule has 1 atom stereocenters. The van der Waals surface area contributed by atoms with E-state index < -0.39 is 19.6 Å². The third-order valence-corrected chi connectivity index (χ3v) is 11.7. The molecule has 2 saturated carbocycles. The monoisotopic (exact) mass is 770 g/mol. The Labute approximate surface area is 320 Å². The number of rotatable bonds is 21. The van der Waals surface area contributed by atoms with Gasteiger partial charge in [-0.15, -0.1) is 0 Å². The van der Waals surface area contributed by atoms with Crippen LogP contribution in [0.4, 0.5) is 0 Å². The van der Waals surface area contributed by atoms with Crippen molar-refractivity contribution in [1.82, 2.24) is 10.6 Å². The number of benzene rings is 2. The van der Waals surface area contributed by atoms with Crippen LogP contribution in [0.15, 0.2) is 54.6 Å². The molecule has 2 aromatic carbocycles. The zero-order chi connectivity index (χ0) is 38.8. The second-order valence-electron chi connectivity index (χ2n) is 14.2. The van der Waals surface area contributed by atoms with Crippen LogP contribution < -0.4 is 10.6 Å². The van der Waals surface area contributed by atoms with Crippen LogP contribution in [0.25, 0.3) is 11.1 Å². The van der Waals surface area contributed by atoms with Gasteiger partial charge in [-0.25, -0.2) is 0 Å². The van der Waals surface area contributed by atoms with Gasteiger partial charge in [0.1, 0.15) is 12.2 Å². The molecule has 0 radical (unpaired) electrons. The lowest BCUT2D eigenvalue weighted by molar-refractivity contribution is -0.151. The largest absolute Gasteiger partial charge is 0.466 e. The number of hydrogen-bond donors (Lipinski definition) is 2. The Balaban J connectivity index is 1.43. The van der Waals surface area contributed by atoms with Crippen LogP contribution in [0.3, 0.4) is 0 Å². The molecule has 0 heterocycles. The Hall–Kier alpha value is -3.57. The average Bonchev–Trinajstić information content (AvgIpc) is 3.19. The summed E-state index contributed by atoms with van der Waals surface area (Å²) in [5, 5.41) is 6.04. The van der Waals surface area contributed by atoms with Gasteiger partial charge in [-0.05, 0) is 93.2 Å². The van der Waals surface area contributed by atoms with Crippen molar-refractivity contribution in [2.24, 2.45) is 11.8 Å².